The Morgan fingerprint density at radius 2 is 2.00 bits per heavy atom. The molecule has 0 radical (unpaired) electrons. The molecule has 0 aromatic carbocycles. The zero-order chi connectivity index (χ0) is 15.0. The maximum absolute atomic E-state index is 11.6. The summed E-state index contributed by atoms with van der Waals surface area (Å²) < 4.78 is 0. The van der Waals surface area contributed by atoms with Crippen LogP contribution < -0.4 is 10.6 Å². The second kappa shape index (κ2) is 8.82. The molecule has 5 nitrogen and oxygen atoms in total. The summed E-state index contributed by atoms with van der Waals surface area (Å²) in [5.41, 5.74) is 0. The molecule has 0 bridgehead atoms. The van der Waals surface area contributed by atoms with E-state index in [-0.39, 0.29) is 12.5 Å². The Hall–Kier alpha value is -1.26. The summed E-state index contributed by atoms with van der Waals surface area (Å²) in [6, 6.07) is -0.102. The average Bonchev–Trinajstić information content (AvgIpc) is 2.80. The van der Waals surface area contributed by atoms with Crippen LogP contribution in [0.15, 0.2) is 0 Å². The molecule has 1 aliphatic rings. The minimum absolute atomic E-state index is 0.102. The number of hydrogen-bond donors (Lipinski definition) is 3. The van der Waals surface area contributed by atoms with Gasteiger partial charge in [0.1, 0.15) is 0 Å². The van der Waals surface area contributed by atoms with Gasteiger partial charge in [-0.15, -0.1) is 0 Å². The molecule has 0 heterocycles. The normalized spacial score (nSPS) is 23.3. The summed E-state index contributed by atoms with van der Waals surface area (Å²) in [6.07, 6.45) is 5.39. The number of nitrogens with one attached hydrogen (secondary N) is 2. The highest BCUT2D eigenvalue weighted by Gasteiger charge is 2.21. The van der Waals surface area contributed by atoms with E-state index in [0.29, 0.717) is 24.8 Å². The van der Waals surface area contributed by atoms with Crippen LogP contribution in [-0.4, -0.2) is 30.2 Å². The number of carbonyl (C=O) groups is 2. The maximum atomic E-state index is 11.6. The monoisotopic (exact) mass is 284 g/mol. The van der Waals surface area contributed by atoms with E-state index in [2.05, 4.69) is 17.6 Å². The molecular weight excluding hydrogens is 256 g/mol. The van der Waals surface area contributed by atoms with Crippen LogP contribution in [0.1, 0.15) is 52.4 Å². The van der Waals surface area contributed by atoms with Crippen LogP contribution in [-0.2, 0) is 4.79 Å². The molecule has 0 aromatic rings. The Kier molecular flexibility index (Phi) is 7.41. The lowest BCUT2D eigenvalue weighted by Gasteiger charge is -2.13. The third kappa shape index (κ3) is 7.36. The third-order valence-electron chi connectivity index (χ3n) is 4.13. The highest BCUT2D eigenvalue weighted by molar-refractivity contribution is 5.73. The van der Waals surface area contributed by atoms with Gasteiger partial charge in [-0.2, -0.15) is 0 Å². The van der Waals surface area contributed by atoms with Crippen LogP contribution in [0.2, 0.25) is 0 Å². The molecule has 1 rings (SSSR count). The van der Waals surface area contributed by atoms with Gasteiger partial charge in [-0.05, 0) is 43.4 Å². The molecule has 0 spiro atoms. The SMILES string of the molecule is CC(CCNC(=O)NCC1CCC(C)C1)CCC(=O)O. The molecule has 116 valence electrons. The van der Waals surface area contributed by atoms with Gasteiger partial charge in [0.05, 0.1) is 0 Å². The fourth-order valence-electron chi connectivity index (χ4n) is 2.76. The molecule has 0 aromatic heterocycles. The average molecular weight is 284 g/mol. The van der Waals surface area contributed by atoms with E-state index >= 15 is 0 Å². The van der Waals surface area contributed by atoms with Crippen LogP contribution in [0, 0.1) is 17.8 Å². The second-order valence-electron chi connectivity index (χ2n) is 6.25. The molecule has 3 atom stereocenters. The molecule has 5 heteroatoms. The van der Waals surface area contributed by atoms with Crippen molar-refractivity contribution >= 4 is 12.0 Å². The van der Waals surface area contributed by atoms with Gasteiger partial charge in [0.25, 0.3) is 0 Å². The van der Waals surface area contributed by atoms with Gasteiger partial charge in [0.15, 0.2) is 0 Å². The Morgan fingerprint density at radius 3 is 2.60 bits per heavy atom. The van der Waals surface area contributed by atoms with Crippen molar-refractivity contribution < 1.29 is 14.7 Å². The lowest BCUT2D eigenvalue weighted by atomic mass is 10.0. The van der Waals surface area contributed by atoms with Crippen molar-refractivity contribution in [1.29, 1.82) is 0 Å². The standard InChI is InChI=1S/C15H28N2O3/c1-11(4-6-14(18)19)7-8-16-15(20)17-10-13-5-3-12(2)9-13/h11-13H,3-10H2,1-2H3,(H,18,19)(H2,16,17,20). The zero-order valence-corrected chi connectivity index (χ0v) is 12.7. The molecule has 0 aliphatic heterocycles. The first-order valence-corrected chi connectivity index (χ1v) is 7.70. The zero-order valence-electron chi connectivity index (χ0n) is 12.7. The minimum atomic E-state index is -0.756. The number of aliphatic carboxylic acids is 1. The van der Waals surface area contributed by atoms with Crippen LogP contribution in [0.4, 0.5) is 4.79 Å². The summed E-state index contributed by atoms with van der Waals surface area (Å²) in [5.74, 6) is 0.987. The largest absolute Gasteiger partial charge is 0.481 e. The highest BCUT2D eigenvalue weighted by atomic mass is 16.4. The van der Waals surface area contributed by atoms with Crippen LogP contribution >= 0.6 is 0 Å². The Bertz CT molecular complexity index is 320. The van der Waals surface area contributed by atoms with E-state index < -0.39 is 5.97 Å². The van der Waals surface area contributed by atoms with E-state index in [1.807, 2.05) is 6.92 Å². The first kappa shape index (κ1) is 16.8. The van der Waals surface area contributed by atoms with E-state index in [4.69, 9.17) is 5.11 Å². The van der Waals surface area contributed by atoms with Gasteiger partial charge >= 0.3 is 12.0 Å². The van der Waals surface area contributed by atoms with Crippen molar-refractivity contribution in [3.63, 3.8) is 0 Å². The Morgan fingerprint density at radius 1 is 1.25 bits per heavy atom. The molecule has 1 aliphatic carbocycles. The number of carboxylic acid groups (broad SMARTS) is 1. The topological polar surface area (TPSA) is 78.4 Å². The van der Waals surface area contributed by atoms with Crippen LogP contribution in [0.3, 0.4) is 0 Å². The van der Waals surface area contributed by atoms with Crippen molar-refractivity contribution in [2.24, 2.45) is 17.8 Å². The second-order valence-corrected chi connectivity index (χ2v) is 6.25. The van der Waals surface area contributed by atoms with E-state index in [1.165, 1.54) is 19.3 Å². The van der Waals surface area contributed by atoms with Crippen molar-refractivity contribution in [2.45, 2.75) is 52.4 Å². The number of hydrogen-bond acceptors (Lipinski definition) is 2. The van der Waals surface area contributed by atoms with Crippen molar-refractivity contribution in [3.8, 4) is 0 Å². The van der Waals surface area contributed by atoms with Crippen LogP contribution in [0.25, 0.3) is 0 Å². The molecule has 3 N–H and O–H groups in total. The quantitative estimate of drug-likeness (QED) is 0.641. The number of carboxylic acids is 1. The summed E-state index contributed by atoms with van der Waals surface area (Å²) in [7, 11) is 0. The van der Waals surface area contributed by atoms with Crippen molar-refractivity contribution in [3.05, 3.63) is 0 Å². The molecule has 2 amide bonds. The number of urea groups is 1. The Balaban J connectivity index is 2.01. The first-order valence-electron chi connectivity index (χ1n) is 7.70. The fraction of sp³-hybridized carbons (Fsp3) is 0.867. The van der Waals surface area contributed by atoms with Gasteiger partial charge in [-0.3, -0.25) is 4.79 Å². The molecule has 1 saturated carbocycles. The molecule has 0 saturated heterocycles. The number of amides is 2. The van der Waals surface area contributed by atoms with Gasteiger partial charge in [0.2, 0.25) is 0 Å². The highest BCUT2D eigenvalue weighted by Crippen LogP contribution is 2.29. The fourth-order valence-corrected chi connectivity index (χ4v) is 2.76. The number of rotatable bonds is 8. The summed E-state index contributed by atoms with van der Waals surface area (Å²) in [5, 5.41) is 14.4. The van der Waals surface area contributed by atoms with Crippen LogP contribution in [0.5, 0.6) is 0 Å². The predicted octanol–water partition coefficient (Wildman–Crippen LogP) is 2.61. The van der Waals surface area contributed by atoms with Gasteiger partial charge < -0.3 is 15.7 Å². The first-order chi connectivity index (χ1) is 9.47. The minimum Gasteiger partial charge on any atom is -0.481 e. The predicted molar refractivity (Wildman–Crippen MR) is 78.6 cm³/mol. The molecule has 3 unspecified atom stereocenters. The van der Waals surface area contributed by atoms with Gasteiger partial charge in [0, 0.05) is 19.5 Å². The van der Waals surface area contributed by atoms with E-state index in [1.54, 1.807) is 0 Å². The summed E-state index contributed by atoms with van der Waals surface area (Å²) in [4.78, 5) is 22.1. The smallest absolute Gasteiger partial charge is 0.314 e. The molecule has 1 fully saturated rings. The van der Waals surface area contributed by atoms with Crippen molar-refractivity contribution in [1.82, 2.24) is 10.6 Å². The summed E-state index contributed by atoms with van der Waals surface area (Å²) in [6.45, 7) is 5.65. The molecule has 20 heavy (non-hydrogen) atoms. The maximum Gasteiger partial charge on any atom is 0.314 e. The van der Waals surface area contributed by atoms with E-state index in [0.717, 1.165) is 18.9 Å². The van der Waals surface area contributed by atoms with Gasteiger partial charge in [-0.25, -0.2) is 4.79 Å². The lowest BCUT2D eigenvalue weighted by molar-refractivity contribution is -0.137. The third-order valence-corrected chi connectivity index (χ3v) is 4.13. The van der Waals surface area contributed by atoms with E-state index in [9.17, 15) is 9.59 Å². The number of carbonyl (C=O) groups excluding carboxylic acids is 1. The van der Waals surface area contributed by atoms with Gasteiger partial charge in [-0.1, -0.05) is 20.3 Å². The van der Waals surface area contributed by atoms with Crippen molar-refractivity contribution in [2.75, 3.05) is 13.1 Å². The molecular formula is C15H28N2O3. The summed E-state index contributed by atoms with van der Waals surface area (Å²) >= 11 is 0. The lowest BCUT2D eigenvalue weighted by Crippen LogP contribution is -2.38. The Labute approximate surface area is 121 Å².